The molecule has 0 N–H and O–H groups in total. The zero-order valence-electron chi connectivity index (χ0n) is 16.8. The summed E-state index contributed by atoms with van der Waals surface area (Å²) < 4.78 is 16.8. The molecule has 1 aliphatic heterocycles. The van der Waals surface area contributed by atoms with Crippen LogP contribution >= 0.6 is 7.94 Å². The molecule has 1 fully saturated rings. The van der Waals surface area contributed by atoms with Gasteiger partial charge in [-0.2, -0.15) is 0 Å². The van der Waals surface area contributed by atoms with Gasteiger partial charge in [0, 0.05) is 12.3 Å². The molecule has 3 rings (SSSR count). The van der Waals surface area contributed by atoms with E-state index in [0.29, 0.717) is 18.8 Å². The molecule has 0 amide bonds. The molecule has 2 aromatic carbocycles. The van der Waals surface area contributed by atoms with E-state index in [1.54, 1.807) is 6.08 Å². The normalized spacial score (nSPS) is 18.9. The molecule has 29 heavy (non-hydrogen) atoms. The molecular weight excluding hydrogens is 387 g/mol. The van der Waals surface area contributed by atoms with Crippen LogP contribution in [-0.2, 0) is 18.6 Å². The van der Waals surface area contributed by atoms with Crippen molar-refractivity contribution in [3.63, 3.8) is 0 Å². The predicted octanol–water partition coefficient (Wildman–Crippen LogP) is 4.83. The molecule has 0 radical (unpaired) electrons. The molecule has 0 atom stereocenters. The summed E-state index contributed by atoms with van der Waals surface area (Å²) in [5.41, 5.74) is 1.85. The van der Waals surface area contributed by atoms with Gasteiger partial charge in [0.05, 0.1) is 5.57 Å². The number of carbonyl (C=O) groups is 1. The quantitative estimate of drug-likeness (QED) is 0.305. The maximum absolute atomic E-state index is 13.3. The molecule has 2 aromatic rings. The van der Waals surface area contributed by atoms with Crippen molar-refractivity contribution in [2.75, 3.05) is 13.2 Å². The number of benzene rings is 2. The first kappa shape index (κ1) is 21.4. The van der Waals surface area contributed by atoms with E-state index in [-0.39, 0.29) is 11.2 Å². The SMILES string of the molecule is CC(=O)OC(=C\c1ccccc1)/C(=C/[P+]1([O-])OCC(C)(C)CO1)c1ccccc1. The van der Waals surface area contributed by atoms with Crippen LogP contribution in [0.25, 0.3) is 11.6 Å². The van der Waals surface area contributed by atoms with Gasteiger partial charge in [0.1, 0.15) is 24.8 Å². The Labute approximate surface area is 172 Å². The third-order valence-electron chi connectivity index (χ3n) is 4.26. The summed E-state index contributed by atoms with van der Waals surface area (Å²) in [5.74, 6) is 1.26. The van der Waals surface area contributed by atoms with Gasteiger partial charge in [-0.05, 0) is 17.2 Å². The lowest BCUT2D eigenvalue weighted by Gasteiger charge is -2.36. The molecule has 152 valence electrons. The van der Waals surface area contributed by atoms with E-state index in [1.807, 2.05) is 74.5 Å². The van der Waals surface area contributed by atoms with Crippen LogP contribution in [0.2, 0.25) is 0 Å². The largest absolute Gasteiger partial charge is 0.628 e. The predicted molar refractivity (Wildman–Crippen MR) is 113 cm³/mol. The van der Waals surface area contributed by atoms with E-state index in [2.05, 4.69) is 0 Å². The zero-order chi connectivity index (χ0) is 20.9. The molecule has 0 spiro atoms. The van der Waals surface area contributed by atoms with Crippen molar-refractivity contribution in [2.45, 2.75) is 20.8 Å². The fourth-order valence-electron chi connectivity index (χ4n) is 2.76. The molecule has 1 heterocycles. The molecule has 6 heteroatoms. The van der Waals surface area contributed by atoms with E-state index in [0.717, 1.165) is 11.1 Å². The summed E-state index contributed by atoms with van der Waals surface area (Å²) in [6, 6.07) is 18.8. The molecule has 0 aliphatic carbocycles. The van der Waals surface area contributed by atoms with Crippen LogP contribution in [-0.4, -0.2) is 19.2 Å². The topological polar surface area (TPSA) is 67.8 Å². The minimum Gasteiger partial charge on any atom is -0.628 e. The zero-order valence-corrected chi connectivity index (χ0v) is 17.7. The van der Waals surface area contributed by atoms with Crippen LogP contribution in [0.1, 0.15) is 31.9 Å². The Morgan fingerprint density at radius 2 is 1.59 bits per heavy atom. The van der Waals surface area contributed by atoms with Crippen molar-refractivity contribution in [2.24, 2.45) is 5.41 Å². The number of carbonyl (C=O) groups excluding carboxylic acids is 1. The first-order valence-corrected chi connectivity index (χ1v) is 11.0. The molecule has 0 saturated carbocycles. The van der Waals surface area contributed by atoms with Crippen molar-refractivity contribution in [3.05, 3.63) is 83.4 Å². The lowest BCUT2D eigenvalue weighted by Crippen LogP contribution is -2.34. The fraction of sp³-hybridized carbons (Fsp3) is 0.261. The Kier molecular flexibility index (Phi) is 6.66. The smallest absolute Gasteiger partial charge is 0.308 e. The van der Waals surface area contributed by atoms with E-state index in [1.165, 1.54) is 12.7 Å². The molecule has 0 aromatic heterocycles. The summed E-state index contributed by atoms with van der Waals surface area (Å²) in [6.45, 7) is 5.93. The number of ether oxygens (including phenoxy) is 1. The minimum atomic E-state index is -3.51. The van der Waals surface area contributed by atoms with Gasteiger partial charge in [0.25, 0.3) is 7.94 Å². The second-order valence-electron chi connectivity index (χ2n) is 7.67. The first-order valence-electron chi connectivity index (χ1n) is 9.39. The van der Waals surface area contributed by atoms with Crippen LogP contribution in [0.5, 0.6) is 0 Å². The van der Waals surface area contributed by atoms with Crippen molar-refractivity contribution in [1.29, 1.82) is 0 Å². The third kappa shape index (κ3) is 6.09. The Balaban J connectivity index is 2.08. The molecule has 0 bridgehead atoms. The summed E-state index contributed by atoms with van der Waals surface area (Å²) in [5, 5.41) is 0. The summed E-state index contributed by atoms with van der Waals surface area (Å²) in [4.78, 5) is 25.1. The van der Waals surface area contributed by atoms with E-state index < -0.39 is 13.9 Å². The average molecular weight is 412 g/mol. The van der Waals surface area contributed by atoms with Gasteiger partial charge in [-0.1, -0.05) is 74.5 Å². The van der Waals surface area contributed by atoms with Gasteiger partial charge in [0.2, 0.25) is 0 Å². The van der Waals surface area contributed by atoms with Gasteiger partial charge in [-0.3, -0.25) is 4.79 Å². The van der Waals surface area contributed by atoms with E-state index in [9.17, 15) is 9.69 Å². The monoisotopic (exact) mass is 412 g/mol. The highest BCUT2D eigenvalue weighted by molar-refractivity contribution is 7.62. The summed E-state index contributed by atoms with van der Waals surface area (Å²) in [7, 11) is -3.51. The average Bonchev–Trinajstić information content (AvgIpc) is 2.70. The van der Waals surface area contributed by atoms with Crippen molar-refractivity contribution < 1.29 is 23.5 Å². The number of hydrogen-bond acceptors (Lipinski definition) is 5. The summed E-state index contributed by atoms with van der Waals surface area (Å²) >= 11 is 0. The number of esters is 1. The Bertz CT molecular complexity index is 893. The standard InChI is InChI=1S/C23H25O5P/c1-18(24)28-22(14-19-10-6-4-7-11-19)21(20-12-8-5-9-13-20)15-29(25)26-16-23(2,3)17-27-29/h4-15H,16-17H2,1-3H3/b21-15+,22-14-. The van der Waals surface area contributed by atoms with Gasteiger partial charge in [0.15, 0.2) is 0 Å². The third-order valence-corrected chi connectivity index (χ3v) is 5.81. The van der Waals surface area contributed by atoms with Gasteiger partial charge in [-0.25, -0.2) is 9.05 Å². The van der Waals surface area contributed by atoms with E-state index in [4.69, 9.17) is 13.8 Å². The van der Waals surface area contributed by atoms with Crippen molar-refractivity contribution in [3.8, 4) is 0 Å². The second-order valence-corrected chi connectivity index (χ2v) is 9.53. The minimum absolute atomic E-state index is 0.215. The first-order chi connectivity index (χ1) is 13.8. The van der Waals surface area contributed by atoms with Gasteiger partial charge >= 0.3 is 5.97 Å². The Hall–Kier alpha value is -2.30. The summed E-state index contributed by atoms with van der Waals surface area (Å²) in [6.07, 6.45) is 1.74. The van der Waals surface area contributed by atoms with Crippen LogP contribution in [0.4, 0.5) is 0 Å². The molecule has 1 aliphatic rings. The van der Waals surface area contributed by atoms with Crippen molar-refractivity contribution in [1.82, 2.24) is 0 Å². The maximum atomic E-state index is 13.3. The highest BCUT2D eigenvalue weighted by Gasteiger charge is 2.40. The van der Waals surface area contributed by atoms with Gasteiger partial charge in [-0.15, -0.1) is 0 Å². The fourth-order valence-corrected chi connectivity index (χ4v) is 4.63. The van der Waals surface area contributed by atoms with Crippen LogP contribution < -0.4 is 4.89 Å². The lowest BCUT2D eigenvalue weighted by molar-refractivity contribution is -0.228. The van der Waals surface area contributed by atoms with Crippen LogP contribution in [0.3, 0.4) is 0 Å². The molecule has 0 unspecified atom stereocenters. The lowest BCUT2D eigenvalue weighted by atomic mass is 9.97. The molecule has 5 nitrogen and oxygen atoms in total. The van der Waals surface area contributed by atoms with Crippen LogP contribution in [0, 0.1) is 5.41 Å². The van der Waals surface area contributed by atoms with Gasteiger partial charge < -0.3 is 9.63 Å². The number of allylic oxidation sites excluding steroid dienone is 1. The highest BCUT2D eigenvalue weighted by atomic mass is 31.2. The van der Waals surface area contributed by atoms with Crippen LogP contribution in [0.15, 0.2) is 72.2 Å². The molecular formula is C23H25O5P. The Morgan fingerprint density at radius 3 is 2.14 bits per heavy atom. The number of hydrogen-bond donors (Lipinski definition) is 0. The molecule has 1 saturated heterocycles. The maximum Gasteiger partial charge on any atom is 0.308 e. The van der Waals surface area contributed by atoms with Crippen molar-refractivity contribution >= 4 is 25.6 Å². The second kappa shape index (κ2) is 9.02. The van der Waals surface area contributed by atoms with E-state index >= 15 is 0 Å². The Morgan fingerprint density at radius 1 is 1.03 bits per heavy atom. The highest BCUT2D eigenvalue weighted by Crippen LogP contribution is 2.60. The number of rotatable bonds is 5.